The van der Waals surface area contributed by atoms with Gasteiger partial charge in [-0.1, -0.05) is 0 Å². The van der Waals surface area contributed by atoms with Gasteiger partial charge >= 0.3 is 11.9 Å². The first kappa shape index (κ1) is 17.8. The Kier molecular flexibility index (Phi) is 6.53. The zero-order chi connectivity index (χ0) is 16.0. The molecule has 0 aromatic rings. The van der Waals surface area contributed by atoms with Crippen molar-refractivity contribution in [2.75, 3.05) is 59.9 Å². The van der Waals surface area contributed by atoms with Crippen LogP contribution in [0.15, 0.2) is 0 Å². The monoisotopic (exact) mass is 302 g/mol. The van der Waals surface area contributed by atoms with Gasteiger partial charge in [-0.2, -0.15) is 0 Å². The van der Waals surface area contributed by atoms with E-state index in [-0.39, 0.29) is 13.1 Å². The Balaban J connectivity index is 2.98. The predicted molar refractivity (Wildman–Crippen MR) is 78.2 cm³/mol. The third-order valence-electron chi connectivity index (χ3n) is 4.03. The van der Waals surface area contributed by atoms with Gasteiger partial charge in [0.25, 0.3) is 0 Å². The Morgan fingerprint density at radius 1 is 1.24 bits per heavy atom. The zero-order valence-corrected chi connectivity index (χ0v) is 12.8. The summed E-state index contributed by atoms with van der Waals surface area (Å²) in [6, 6.07) is 0. The summed E-state index contributed by atoms with van der Waals surface area (Å²) in [5, 5.41) is 18.1. The molecule has 1 aliphatic heterocycles. The first-order valence-corrected chi connectivity index (χ1v) is 7.05. The van der Waals surface area contributed by atoms with Crippen LogP contribution in [0, 0.1) is 0 Å². The predicted octanol–water partition coefficient (Wildman–Crippen LogP) is -1.58. The van der Waals surface area contributed by atoms with Crippen LogP contribution >= 0.6 is 0 Å². The SMILES string of the molecule is CN1CCN(CC(=O)O)CC(CCN)(N(C)CC(=O)O)C1. The summed E-state index contributed by atoms with van der Waals surface area (Å²) in [6.07, 6.45) is 0.622. The van der Waals surface area contributed by atoms with E-state index in [0.29, 0.717) is 32.6 Å². The van der Waals surface area contributed by atoms with Crippen LogP contribution < -0.4 is 5.73 Å². The molecule has 1 atom stereocenters. The Morgan fingerprint density at radius 3 is 2.43 bits per heavy atom. The fourth-order valence-electron chi connectivity index (χ4n) is 2.99. The second kappa shape index (κ2) is 7.69. The molecule has 1 aliphatic rings. The highest BCUT2D eigenvalue weighted by Crippen LogP contribution is 2.23. The summed E-state index contributed by atoms with van der Waals surface area (Å²) in [4.78, 5) is 27.8. The lowest BCUT2D eigenvalue weighted by molar-refractivity contribution is -0.141. The Labute approximate surface area is 125 Å². The molecule has 1 heterocycles. The summed E-state index contributed by atoms with van der Waals surface area (Å²) >= 11 is 0. The average Bonchev–Trinajstić information content (AvgIpc) is 2.49. The Morgan fingerprint density at radius 2 is 1.90 bits per heavy atom. The summed E-state index contributed by atoms with van der Waals surface area (Å²) in [6.45, 7) is 2.87. The molecule has 8 heteroatoms. The lowest BCUT2D eigenvalue weighted by atomic mass is 9.91. The standard InChI is InChI=1S/C13H26N4O4/c1-15-5-6-17(8-12(20)21)10-13(9-15,3-4-14)16(2)7-11(18)19/h3-10,14H2,1-2H3,(H,18,19)(H,20,21). The number of nitrogens with zero attached hydrogens (tertiary/aromatic N) is 3. The minimum absolute atomic E-state index is 0.0406. The van der Waals surface area contributed by atoms with Gasteiger partial charge in [-0.15, -0.1) is 0 Å². The number of carboxylic acid groups (broad SMARTS) is 2. The molecular formula is C13H26N4O4. The van der Waals surface area contributed by atoms with Gasteiger partial charge in [0, 0.05) is 31.7 Å². The van der Waals surface area contributed by atoms with Crippen molar-refractivity contribution in [1.29, 1.82) is 0 Å². The number of nitrogens with two attached hydrogens (primary N) is 1. The van der Waals surface area contributed by atoms with Gasteiger partial charge in [0.2, 0.25) is 0 Å². The number of likely N-dealkylation sites (N-methyl/N-ethyl adjacent to an activating group) is 2. The van der Waals surface area contributed by atoms with Crippen molar-refractivity contribution in [3.63, 3.8) is 0 Å². The average molecular weight is 302 g/mol. The summed E-state index contributed by atoms with van der Waals surface area (Å²) in [5.74, 6) is -1.77. The number of carbonyl (C=O) groups is 2. The maximum atomic E-state index is 11.0. The number of aliphatic carboxylic acids is 2. The van der Waals surface area contributed by atoms with E-state index in [0.717, 1.165) is 6.54 Å². The van der Waals surface area contributed by atoms with Gasteiger partial charge in [-0.05, 0) is 27.1 Å². The molecule has 1 fully saturated rings. The van der Waals surface area contributed by atoms with Crippen LogP contribution in [0.1, 0.15) is 6.42 Å². The highest BCUT2D eigenvalue weighted by atomic mass is 16.4. The second-order valence-corrected chi connectivity index (χ2v) is 5.85. The molecule has 4 N–H and O–H groups in total. The number of hydrogen-bond donors (Lipinski definition) is 3. The van der Waals surface area contributed by atoms with Gasteiger partial charge < -0.3 is 20.8 Å². The maximum absolute atomic E-state index is 11.0. The minimum Gasteiger partial charge on any atom is -0.480 e. The lowest BCUT2D eigenvalue weighted by Crippen LogP contribution is -2.59. The van der Waals surface area contributed by atoms with Crippen LogP contribution in [-0.4, -0.2) is 102 Å². The third-order valence-corrected chi connectivity index (χ3v) is 4.03. The molecule has 0 aromatic heterocycles. The van der Waals surface area contributed by atoms with Gasteiger partial charge in [-0.3, -0.25) is 19.4 Å². The quantitative estimate of drug-likeness (QED) is 0.517. The van der Waals surface area contributed by atoms with Crippen molar-refractivity contribution < 1.29 is 19.8 Å². The first-order chi connectivity index (χ1) is 9.79. The summed E-state index contributed by atoms with van der Waals surface area (Å²) in [5.41, 5.74) is 5.28. The van der Waals surface area contributed by atoms with Crippen molar-refractivity contribution in [2.45, 2.75) is 12.0 Å². The van der Waals surface area contributed by atoms with Gasteiger partial charge in [0.15, 0.2) is 0 Å². The highest BCUT2D eigenvalue weighted by Gasteiger charge is 2.39. The van der Waals surface area contributed by atoms with Crippen molar-refractivity contribution in [2.24, 2.45) is 5.73 Å². The van der Waals surface area contributed by atoms with Crippen molar-refractivity contribution in [1.82, 2.24) is 14.7 Å². The number of rotatable bonds is 7. The van der Waals surface area contributed by atoms with E-state index in [2.05, 4.69) is 4.90 Å². The largest absolute Gasteiger partial charge is 0.480 e. The first-order valence-electron chi connectivity index (χ1n) is 7.05. The molecule has 0 aromatic carbocycles. The molecule has 0 radical (unpaired) electrons. The van der Waals surface area contributed by atoms with Crippen LogP contribution in [-0.2, 0) is 9.59 Å². The summed E-state index contributed by atoms with van der Waals surface area (Å²) in [7, 11) is 3.73. The van der Waals surface area contributed by atoms with E-state index >= 15 is 0 Å². The van der Waals surface area contributed by atoms with E-state index in [9.17, 15) is 9.59 Å². The zero-order valence-electron chi connectivity index (χ0n) is 12.8. The topological polar surface area (TPSA) is 110 Å². The van der Waals surface area contributed by atoms with Crippen LogP contribution in [0.5, 0.6) is 0 Å². The van der Waals surface area contributed by atoms with Gasteiger partial charge in [0.05, 0.1) is 13.1 Å². The fraction of sp³-hybridized carbons (Fsp3) is 0.846. The van der Waals surface area contributed by atoms with Crippen LogP contribution in [0.4, 0.5) is 0 Å². The molecule has 0 spiro atoms. The Bertz CT molecular complexity index is 379. The van der Waals surface area contributed by atoms with Gasteiger partial charge in [0.1, 0.15) is 0 Å². The molecule has 1 rings (SSSR count). The van der Waals surface area contributed by atoms with E-state index in [4.69, 9.17) is 15.9 Å². The molecular weight excluding hydrogens is 276 g/mol. The maximum Gasteiger partial charge on any atom is 0.317 e. The van der Waals surface area contributed by atoms with Crippen LogP contribution in [0.25, 0.3) is 0 Å². The van der Waals surface area contributed by atoms with Crippen LogP contribution in [0.3, 0.4) is 0 Å². The van der Waals surface area contributed by atoms with E-state index in [1.165, 1.54) is 0 Å². The van der Waals surface area contributed by atoms with E-state index < -0.39 is 17.5 Å². The number of carboxylic acids is 2. The second-order valence-electron chi connectivity index (χ2n) is 5.85. The smallest absolute Gasteiger partial charge is 0.317 e. The van der Waals surface area contributed by atoms with Gasteiger partial charge in [-0.25, -0.2) is 0 Å². The molecule has 0 aliphatic carbocycles. The molecule has 122 valence electrons. The highest BCUT2D eigenvalue weighted by molar-refractivity contribution is 5.69. The molecule has 21 heavy (non-hydrogen) atoms. The van der Waals surface area contributed by atoms with Crippen molar-refractivity contribution in [3.05, 3.63) is 0 Å². The van der Waals surface area contributed by atoms with Crippen LogP contribution in [0.2, 0.25) is 0 Å². The Hall–Kier alpha value is -1.22. The molecule has 0 saturated carbocycles. The normalized spacial score (nSPS) is 25.0. The molecule has 1 saturated heterocycles. The van der Waals surface area contributed by atoms with E-state index in [1.54, 1.807) is 11.9 Å². The van der Waals surface area contributed by atoms with E-state index in [1.807, 2.05) is 11.9 Å². The number of hydrogen-bond acceptors (Lipinski definition) is 6. The van der Waals surface area contributed by atoms with Crippen molar-refractivity contribution >= 4 is 11.9 Å². The lowest BCUT2D eigenvalue weighted by Gasteiger charge is -2.43. The molecule has 0 amide bonds. The van der Waals surface area contributed by atoms with Crippen molar-refractivity contribution in [3.8, 4) is 0 Å². The molecule has 1 unspecified atom stereocenters. The third kappa shape index (κ3) is 5.24. The minimum atomic E-state index is -0.898. The fourth-order valence-corrected chi connectivity index (χ4v) is 2.99. The molecule has 8 nitrogen and oxygen atoms in total. The summed E-state index contributed by atoms with van der Waals surface area (Å²) < 4.78 is 0. The molecule has 0 bridgehead atoms.